The number of nitrogen functional groups attached to an aromatic ring is 1. The van der Waals surface area contributed by atoms with E-state index in [-0.39, 0.29) is 17.7 Å². The molecular weight excluding hydrogens is 446 g/mol. The highest BCUT2D eigenvalue weighted by atomic mass is 16.5. The third-order valence-electron chi connectivity index (χ3n) is 6.50. The lowest BCUT2D eigenvalue weighted by Crippen LogP contribution is -2.23. The molecule has 36 heavy (non-hydrogen) atoms. The van der Waals surface area contributed by atoms with E-state index in [9.17, 15) is 4.79 Å². The Morgan fingerprint density at radius 2 is 1.69 bits per heavy atom. The molecule has 5 heteroatoms. The molecule has 3 aromatic carbocycles. The zero-order chi connectivity index (χ0) is 25.9. The minimum absolute atomic E-state index is 0.184. The fourth-order valence-corrected chi connectivity index (χ4v) is 4.26. The van der Waals surface area contributed by atoms with Crippen molar-refractivity contribution in [2.24, 2.45) is 5.92 Å². The van der Waals surface area contributed by atoms with E-state index < -0.39 is 0 Å². The van der Waals surface area contributed by atoms with E-state index in [1.165, 1.54) is 19.3 Å². The Bertz CT molecular complexity index is 1130. The Morgan fingerprint density at radius 3 is 2.36 bits per heavy atom. The molecule has 0 aliphatic rings. The van der Waals surface area contributed by atoms with Crippen LogP contribution in [-0.4, -0.2) is 17.7 Å². The average molecular weight is 486 g/mol. The van der Waals surface area contributed by atoms with Gasteiger partial charge in [0.15, 0.2) is 0 Å². The summed E-state index contributed by atoms with van der Waals surface area (Å²) in [4.78, 5) is 12.7. The summed E-state index contributed by atoms with van der Waals surface area (Å²) < 4.78 is 6.24. The lowest BCUT2D eigenvalue weighted by Gasteiger charge is -2.21. The molecule has 3 aromatic rings. The number of amides is 1. The second kappa shape index (κ2) is 13.5. The number of hydrogen-bond donors (Lipinski definition) is 3. The Balaban J connectivity index is 1.65. The largest absolute Gasteiger partial charge is 0.490 e. The molecule has 0 radical (unpaired) electrons. The third-order valence-corrected chi connectivity index (χ3v) is 6.50. The van der Waals surface area contributed by atoms with Crippen molar-refractivity contribution in [3.05, 3.63) is 95.1 Å². The molecule has 5 nitrogen and oxygen atoms in total. The van der Waals surface area contributed by atoms with Gasteiger partial charge in [-0.15, -0.1) is 0 Å². The molecule has 0 heterocycles. The molecule has 0 aromatic heterocycles. The molecule has 0 fully saturated rings. The molecule has 4 N–H and O–H groups in total. The van der Waals surface area contributed by atoms with Gasteiger partial charge < -0.3 is 15.8 Å². The van der Waals surface area contributed by atoms with Crippen molar-refractivity contribution >= 4 is 17.3 Å². The first kappa shape index (κ1) is 27.0. The third kappa shape index (κ3) is 7.70. The smallest absolute Gasteiger partial charge is 0.251 e. The first-order valence-electron chi connectivity index (χ1n) is 13.0. The highest BCUT2D eigenvalue weighted by molar-refractivity contribution is 6.14. The van der Waals surface area contributed by atoms with Gasteiger partial charge in [-0.2, -0.15) is 0 Å². The predicted molar refractivity (Wildman–Crippen MR) is 149 cm³/mol. The van der Waals surface area contributed by atoms with Crippen molar-refractivity contribution in [3.8, 4) is 5.75 Å². The highest BCUT2D eigenvalue weighted by Crippen LogP contribution is 2.24. The van der Waals surface area contributed by atoms with Gasteiger partial charge in [0.2, 0.25) is 0 Å². The van der Waals surface area contributed by atoms with E-state index in [0.29, 0.717) is 29.3 Å². The first-order valence-corrected chi connectivity index (χ1v) is 13.0. The van der Waals surface area contributed by atoms with Crippen molar-refractivity contribution in [3.63, 3.8) is 0 Å². The van der Waals surface area contributed by atoms with Crippen molar-refractivity contribution in [2.45, 2.75) is 65.5 Å². The summed E-state index contributed by atoms with van der Waals surface area (Å²) in [6.07, 6.45) is 5.91. The van der Waals surface area contributed by atoms with Crippen LogP contribution in [0.1, 0.15) is 79.9 Å². The summed E-state index contributed by atoms with van der Waals surface area (Å²) in [5.41, 5.74) is 9.69. The number of hydrogen-bond acceptors (Lipinski definition) is 4. The summed E-state index contributed by atoms with van der Waals surface area (Å²) >= 11 is 0. The number of anilines is 1. The summed E-state index contributed by atoms with van der Waals surface area (Å²) in [6, 6.07) is 22.4. The summed E-state index contributed by atoms with van der Waals surface area (Å²) in [7, 11) is 0. The number of nitrogens with one attached hydrogen (secondary N) is 2. The van der Waals surface area contributed by atoms with E-state index in [1.54, 1.807) is 18.2 Å². The molecule has 1 amide bonds. The van der Waals surface area contributed by atoms with Crippen LogP contribution in [0.15, 0.2) is 72.8 Å². The number of nitrogens with two attached hydrogens (primary N) is 1. The number of benzene rings is 3. The maximum atomic E-state index is 12.7. The van der Waals surface area contributed by atoms with Crippen molar-refractivity contribution in [1.29, 1.82) is 5.41 Å². The van der Waals surface area contributed by atoms with Crippen LogP contribution < -0.4 is 15.8 Å². The Morgan fingerprint density at radius 1 is 1.00 bits per heavy atom. The highest BCUT2D eigenvalue weighted by Gasteiger charge is 2.15. The molecule has 2 atom stereocenters. The van der Waals surface area contributed by atoms with Crippen molar-refractivity contribution in [1.82, 2.24) is 5.32 Å². The molecule has 0 bridgehead atoms. The van der Waals surface area contributed by atoms with Crippen LogP contribution in [0.2, 0.25) is 0 Å². The van der Waals surface area contributed by atoms with E-state index >= 15 is 0 Å². The van der Waals surface area contributed by atoms with Gasteiger partial charge in [-0.25, -0.2) is 0 Å². The van der Waals surface area contributed by atoms with Crippen LogP contribution in [0.5, 0.6) is 5.75 Å². The zero-order valence-corrected chi connectivity index (χ0v) is 21.7. The Hall–Kier alpha value is -3.60. The van der Waals surface area contributed by atoms with Crippen LogP contribution in [0.3, 0.4) is 0 Å². The van der Waals surface area contributed by atoms with Crippen LogP contribution in [0.25, 0.3) is 0 Å². The molecule has 0 aliphatic carbocycles. The number of ether oxygens (including phenoxy) is 1. The monoisotopic (exact) mass is 485 g/mol. The second-order valence-corrected chi connectivity index (χ2v) is 9.50. The lowest BCUT2D eigenvalue weighted by atomic mass is 9.96. The number of carbonyl (C=O) groups is 1. The summed E-state index contributed by atoms with van der Waals surface area (Å²) in [5, 5.41) is 11.7. The maximum Gasteiger partial charge on any atom is 0.251 e. The molecule has 0 aliphatic heterocycles. The van der Waals surface area contributed by atoms with E-state index in [1.807, 2.05) is 54.6 Å². The van der Waals surface area contributed by atoms with Gasteiger partial charge in [-0.1, -0.05) is 70.4 Å². The van der Waals surface area contributed by atoms with E-state index in [2.05, 4.69) is 26.1 Å². The van der Waals surface area contributed by atoms with Gasteiger partial charge in [0, 0.05) is 28.9 Å². The van der Waals surface area contributed by atoms with Gasteiger partial charge >= 0.3 is 0 Å². The fourth-order valence-electron chi connectivity index (χ4n) is 4.26. The SMILES string of the molecule is CCCCC(C)CC(CC)Oc1ccc(C(=N)c2cc(C(=O)NCc3ccccc3)ccc2N)cc1. The normalized spacial score (nSPS) is 12.5. The lowest BCUT2D eigenvalue weighted by molar-refractivity contribution is 0.0951. The van der Waals surface area contributed by atoms with Crippen molar-refractivity contribution in [2.75, 3.05) is 5.73 Å². The van der Waals surface area contributed by atoms with E-state index in [4.69, 9.17) is 15.9 Å². The molecule has 3 rings (SSSR count). The van der Waals surface area contributed by atoms with Gasteiger partial charge in [-0.05, 0) is 66.8 Å². The number of carbonyl (C=O) groups excluding carboxylic acids is 1. The van der Waals surface area contributed by atoms with Gasteiger partial charge in [-0.3, -0.25) is 10.2 Å². The molecule has 0 saturated heterocycles. The van der Waals surface area contributed by atoms with Crippen LogP contribution in [0, 0.1) is 11.3 Å². The summed E-state index contributed by atoms with van der Waals surface area (Å²) in [6.45, 7) is 7.12. The first-order chi connectivity index (χ1) is 17.4. The maximum absolute atomic E-state index is 12.7. The molecule has 190 valence electrons. The minimum Gasteiger partial charge on any atom is -0.490 e. The second-order valence-electron chi connectivity index (χ2n) is 9.50. The molecule has 0 spiro atoms. The van der Waals surface area contributed by atoms with Crippen LogP contribution in [0.4, 0.5) is 5.69 Å². The zero-order valence-electron chi connectivity index (χ0n) is 21.7. The minimum atomic E-state index is -0.199. The molecular formula is C31H39N3O2. The Kier molecular flexibility index (Phi) is 10.1. The van der Waals surface area contributed by atoms with Crippen molar-refractivity contribution < 1.29 is 9.53 Å². The van der Waals surface area contributed by atoms with Crippen LogP contribution >= 0.6 is 0 Å². The van der Waals surface area contributed by atoms with Gasteiger partial charge in [0.05, 0.1) is 11.8 Å². The fraction of sp³-hybridized carbons (Fsp3) is 0.355. The standard InChI is InChI=1S/C31H39N3O2/c1-4-6-10-22(3)19-26(5-2)36-27-16-13-24(14-17-27)30(33)28-20-25(15-18-29(28)32)31(35)34-21-23-11-8-7-9-12-23/h7-9,11-18,20,22,26,33H,4-6,10,19,21,32H2,1-3H3,(H,34,35). The summed E-state index contributed by atoms with van der Waals surface area (Å²) in [5.74, 6) is 1.25. The topological polar surface area (TPSA) is 88.2 Å². The van der Waals surface area contributed by atoms with Crippen LogP contribution in [-0.2, 0) is 6.54 Å². The molecule has 0 saturated carbocycles. The number of rotatable bonds is 13. The molecule has 2 unspecified atom stereocenters. The van der Waals surface area contributed by atoms with E-state index in [0.717, 1.165) is 29.7 Å². The van der Waals surface area contributed by atoms with Gasteiger partial charge in [0.1, 0.15) is 5.75 Å². The van der Waals surface area contributed by atoms with Gasteiger partial charge in [0.25, 0.3) is 5.91 Å². The Labute approximate surface area is 215 Å². The predicted octanol–water partition coefficient (Wildman–Crippen LogP) is 6.99. The quantitative estimate of drug-likeness (QED) is 0.180. The number of unbranched alkanes of at least 4 members (excludes halogenated alkanes) is 1. The average Bonchev–Trinajstić information content (AvgIpc) is 2.91.